The van der Waals surface area contributed by atoms with Gasteiger partial charge in [-0.2, -0.15) is 5.26 Å². The van der Waals surface area contributed by atoms with E-state index in [1.165, 1.54) is 11.3 Å². The number of benzene rings is 3. The summed E-state index contributed by atoms with van der Waals surface area (Å²) in [4.78, 5) is 4.62. The number of aromatic nitrogens is 1. The van der Waals surface area contributed by atoms with Gasteiger partial charge in [0.25, 0.3) is 0 Å². The Bertz CT molecular complexity index is 1210. The molecular weight excluding hydrogens is 395 g/mol. The van der Waals surface area contributed by atoms with Crippen LogP contribution in [0.2, 0.25) is 10.0 Å². The molecule has 130 valence electrons. The molecule has 4 aromatic rings. The number of rotatable bonds is 3. The largest absolute Gasteiger partial charge is 0.235 e. The third-order valence-corrected chi connectivity index (χ3v) is 5.81. The number of nitriles is 1. The van der Waals surface area contributed by atoms with Crippen molar-refractivity contribution in [3.63, 3.8) is 0 Å². The SMILES string of the molecule is N#C/C(=C\c1cccc2ccccc12)c1nc(-c2ccc(Cl)c(Cl)c2)cs1. The van der Waals surface area contributed by atoms with Crippen molar-refractivity contribution in [3.8, 4) is 17.3 Å². The lowest BCUT2D eigenvalue weighted by molar-refractivity contribution is 1.37. The first-order chi connectivity index (χ1) is 13.2. The third kappa shape index (κ3) is 3.61. The first-order valence-corrected chi connectivity index (χ1v) is 9.80. The van der Waals surface area contributed by atoms with Gasteiger partial charge in [-0.1, -0.05) is 71.7 Å². The van der Waals surface area contributed by atoms with Crippen LogP contribution >= 0.6 is 34.5 Å². The van der Waals surface area contributed by atoms with Crippen LogP contribution in [0.4, 0.5) is 0 Å². The Labute approximate surface area is 170 Å². The van der Waals surface area contributed by atoms with Crippen molar-refractivity contribution in [1.29, 1.82) is 5.26 Å². The molecule has 1 heterocycles. The summed E-state index contributed by atoms with van der Waals surface area (Å²) in [6.07, 6.45) is 1.89. The van der Waals surface area contributed by atoms with Crippen molar-refractivity contribution in [2.75, 3.05) is 0 Å². The minimum Gasteiger partial charge on any atom is -0.235 e. The summed E-state index contributed by atoms with van der Waals surface area (Å²) in [7, 11) is 0. The van der Waals surface area contributed by atoms with E-state index in [4.69, 9.17) is 23.2 Å². The monoisotopic (exact) mass is 406 g/mol. The Kier molecular flexibility index (Phi) is 4.96. The Morgan fingerprint density at radius 3 is 2.63 bits per heavy atom. The number of halogens is 2. The van der Waals surface area contributed by atoms with Gasteiger partial charge in [-0.15, -0.1) is 11.3 Å². The van der Waals surface area contributed by atoms with Gasteiger partial charge >= 0.3 is 0 Å². The summed E-state index contributed by atoms with van der Waals surface area (Å²) in [6.45, 7) is 0. The van der Waals surface area contributed by atoms with E-state index in [1.54, 1.807) is 12.1 Å². The summed E-state index contributed by atoms with van der Waals surface area (Å²) >= 11 is 13.5. The predicted molar refractivity (Wildman–Crippen MR) is 115 cm³/mol. The zero-order valence-corrected chi connectivity index (χ0v) is 16.3. The zero-order chi connectivity index (χ0) is 18.8. The maximum absolute atomic E-state index is 9.68. The van der Waals surface area contributed by atoms with Gasteiger partial charge in [0.05, 0.1) is 21.3 Å². The summed E-state index contributed by atoms with van der Waals surface area (Å²) < 4.78 is 0. The van der Waals surface area contributed by atoms with Gasteiger partial charge in [-0.25, -0.2) is 4.98 Å². The van der Waals surface area contributed by atoms with Gasteiger partial charge in [0.2, 0.25) is 0 Å². The molecule has 4 rings (SSSR count). The second-order valence-electron chi connectivity index (χ2n) is 5.90. The molecule has 0 atom stereocenters. The third-order valence-electron chi connectivity index (χ3n) is 4.19. The number of fused-ring (bicyclic) bond motifs is 1. The molecule has 1 aromatic heterocycles. The van der Waals surface area contributed by atoms with E-state index in [1.807, 2.05) is 41.8 Å². The van der Waals surface area contributed by atoms with Crippen LogP contribution < -0.4 is 0 Å². The van der Waals surface area contributed by atoms with Crippen molar-refractivity contribution in [3.05, 3.63) is 86.7 Å². The van der Waals surface area contributed by atoms with E-state index < -0.39 is 0 Å². The minimum absolute atomic E-state index is 0.482. The molecule has 0 spiro atoms. The fraction of sp³-hybridized carbons (Fsp3) is 0. The van der Waals surface area contributed by atoms with Gasteiger partial charge in [0, 0.05) is 10.9 Å². The lowest BCUT2D eigenvalue weighted by Crippen LogP contribution is -1.84. The molecule has 0 aliphatic carbocycles. The van der Waals surface area contributed by atoms with Crippen LogP contribution in [0.1, 0.15) is 10.6 Å². The summed E-state index contributed by atoms with van der Waals surface area (Å²) in [5.74, 6) is 0. The fourth-order valence-electron chi connectivity index (χ4n) is 2.86. The molecule has 0 bridgehead atoms. The predicted octanol–water partition coefficient (Wildman–Crippen LogP) is 7.33. The van der Waals surface area contributed by atoms with Crippen molar-refractivity contribution < 1.29 is 0 Å². The molecule has 0 N–H and O–H groups in total. The maximum Gasteiger partial charge on any atom is 0.134 e. The van der Waals surface area contributed by atoms with Gasteiger partial charge in [-0.05, 0) is 34.5 Å². The highest BCUT2D eigenvalue weighted by atomic mass is 35.5. The Balaban J connectivity index is 1.75. The van der Waals surface area contributed by atoms with E-state index in [0.717, 1.165) is 27.6 Å². The average molecular weight is 407 g/mol. The summed E-state index contributed by atoms with van der Waals surface area (Å²) in [5, 5.41) is 15.5. The van der Waals surface area contributed by atoms with E-state index >= 15 is 0 Å². The van der Waals surface area contributed by atoms with Crippen LogP contribution in [-0.4, -0.2) is 4.98 Å². The summed E-state index contributed by atoms with van der Waals surface area (Å²) in [5.41, 5.74) is 3.17. The van der Waals surface area contributed by atoms with Crippen molar-refractivity contribution in [2.45, 2.75) is 0 Å². The Morgan fingerprint density at radius 2 is 1.81 bits per heavy atom. The Morgan fingerprint density at radius 1 is 1.00 bits per heavy atom. The highest BCUT2D eigenvalue weighted by Crippen LogP contribution is 2.32. The molecule has 3 aromatic carbocycles. The Hall–Kier alpha value is -2.64. The average Bonchev–Trinajstić information content (AvgIpc) is 3.18. The van der Waals surface area contributed by atoms with Gasteiger partial charge in [0.15, 0.2) is 0 Å². The van der Waals surface area contributed by atoms with Crippen LogP contribution in [0.3, 0.4) is 0 Å². The molecule has 0 aliphatic heterocycles. The quantitative estimate of drug-likeness (QED) is 0.333. The molecule has 0 saturated carbocycles. The number of thiazole rings is 1. The first-order valence-electron chi connectivity index (χ1n) is 8.16. The second kappa shape index (κ2) is 7.54. The van der Waals surface area contributed by atoms with Crippen molar-refractivity contribution in [2.24, 2.45) is 0 Å². The molecule has 0 fully saturated rings. The van der Waals surface area contributed by atoms with Gasteiger partial charge in [-0.3, -0.25) is 0 Å². The van der Waals surface area contributed by atoms with Crippen LogP contribution in [0.25, 0.3) is 33.7 Å². The van der Waals surface area contributed by atoms with Crippen molar-refractivity contribution >= 4 is 57.0 Å². The maximum atomic E-state index is 9.68. The molecule has 2 nitrogen and oxygen atoms in total. The standard InChI is InChI=1S/C22H12Cl2N2S/c23-19-9-8-16(11-20(19)24)21-13-27-22(26-21)17(12-25)10-15-6-3-5-14-4-1-2-7-18(14)15/h1-11,13H/b17-10+. The second-order valence-corrected chi connectivity index (χ2v) is 7.58. The number of hydrogen-bond donors (Lipinski definition) is 0. The first kappa shape index (κ1) is 17.8. The molecule has 27 heavy (non-hydrogen) atoms. The lowest BCUT2D eigenvalue weighted by atomic mass is 10.0. The number of hydrogen-bond acceptors (Lipinski definition) is 3. The molecule has 0 unspecified atom stereocenters. The number of nitrogens with zero attached hydrogens (tertiary/aromatic N) is 2. The zero-order valence-electron chi connectivity index (χ0n) is 14.0. The van der Waals surface area contributed by atoms with E-state index in [2.05, 4.69) is 29.3 Å². The van der Waals surface area contributed by atoms with E-state index in [9.17, 15) is 5.26 Å². The van der Waals surface area contributed by atoms with Crippen LogP contribution in [-0.2, 0) is 0 Å². The minimum atomic E-state index is 0.482. The topological polar surface area (TPSA) is 36.7 Å². The molecular formula is C22H12Cl2N2S. The van der Waals surface area contributed by atoms with Crippen LogP contribution in [0.5, 0.6) is 0 Å². The molecule has 0 saturated heterocycles. The van der Waals surface area contributed by atoms with E-state index in [-0.39, 0.29) is 0 Å². The summed E-state index contributed by atoms with van der Waals surface area (Å²) in [6, 6.07) is 21.9. The number of allylic oxidation sites excluding steroid dienone is 1. The molecule has 0 radical (unpaired) electrons. The van der Waals surface area contributed by atoms with Crippen LogP contribution in [0.15, 0.2) is 66.0 Å². The lowest BCUT2D eigenvalue weighted by Gasteiger charge is -2.02. The van der Waals surface area contributed by atoms with Gasteiger partial charge in [0.1, 0.15) is 11.1 Å². The molecule has 0 amide bonds. The molecule has 5 heteroatoms. The van der Waals surface area contributed by atoms with Crippen LogP contribution in [0, 0.1) is 11.3 Å². The van der Waals surface area contributed by atoms with Crippen molar-refractivity contribution in [1.82, 2.24) is 4.98 Å². The fourth-order valence-corrected chi connectivity index (χ4v) is 3.95. The smallest absolute Gasteiger partial charge is 0.134 e. The molecule has 0 aliphatic rings. The highest BCUT2D eigenvalue weighted by molar-refractivity contribution is 7.11. The highest BCUT2D eigenvalue weighted by Gasteiger charge is 2.11. The van der Waals surface area contributed by atoms with E-state index in [0.29, 0.717) is 20.6 Å². The van der Waals surface area contributed by atoms with Gasteiger partial charge < -0.3 is 0 Å². The normalized spacial score (nSPS) is 11.5.